The minimum Gasteiger partial charge on any atom is -0.481 e. The summed E-state index contributed by atoms with van der Waals surface area (Å²) in [5.74, 6) is -1.78. The van der Waals surface area contributed by atoms with Crippen LogP contribution in [0.3, 0.4) is 0 Å². The maximum atomic E-state index is 13.2. The molecule has 0 heterocycles. The second kappa shape index (κ2) is 12.4. The van der Waals surface area contributed by atoms with Gasteiger partial charge in [-0.2, -0.15) is 0 Å². The fourth-order valence-electron chi connectivity index (χ4n) is 3.15. The highest BCUT2D eigenvalue weighted by atomic mass is 32.2. The van der Waals surface area contributed by atoms with Crippen LogP contribution in [0.5, 0.6) is 0 Å². The van der Waals surface area contributed by atoms with E-state index in [0.717, 1.165) is 10.5 Å². The molecule has 3 aromatic carbocycles. The van der Waals surface area contributed by atoms with Gasteiger partial charge in [-0.3, -0.25) is 19.2 Å². The van der Waals surface area contributed by atoms with E-state index in [1.807, 2.05) is 30.3 Å². The SMILES string of the molecule is CC(=O)Nc1ccc(NC(=O)C(Sc2ccc(NC(=O)CCC(=O)O)cc2)c2ccccc2)cc1. The fourth-order valence-corrected chi connectivity index (χ4v) is 4.17. The van der Waals surface area contributed by atoms with Crippen molar-refractivity contribution in [3.63, 3.8) is 0 Å². The Bertz CT molecular complexity index is 1180. The molecule has 4 N–H and O–H groups in total. The summed E-state index contributed by atoms with van der Waals surface area (Å²) in [7, 11) is 0. The van der Waals surface area contributed by atoms with Crippen LogP contribution in [-0.4, -0.2) is 28.8 Å². The summed E-state index contributed by atoms with van der Waals surface area (Å²) in [6.07, 6.45) is -0.336. The molecule has 0 fully saturated rings. The first kappa shape index (κ1) is 25.5. The molecule has 3 aromatic rings. The standard InChI is InChI=1S/C26H25N3O5S/c1-17(30)27-19-7-9-21(10-8-19)29-26(34)25(18-5-3-2-4-6-18)35-22-13-11-20(12-14-22)28-23(31)15-16-24(32)33/h2-14,25H,15-16H2,1H3,(H,27,30)(H,28,31)(H,29,34)(H,32,33). The number of benzene rings is 3. The van der Waals surface area contributed by atoms with Gasteiger partial charge in [-0.15, -0.1) is 11.8 Å². The van der Waals surface area contributed by atoms with Crippen molar-refractivity contribution in [1.82, 2.24) is 0 Å². The summed E-state index contributed by atoms with van der Waals surface area (Å²) < 4.78 is 0. The van der Waals surface area contributed by atoms with E-state index in [0.29, 0.717) is 17.1 Å². The quantitative estimate of drug-likeness (QED) is 0.298. The molecule has 9 heteroatoms. The normalized spacial score (nSPS) is 11.2. The van der Waals surface area contributed by atoms with Crippen LogP contribution >= 0.6 is 11.8 Å². The van der Waals surface area contributed by atoms with Crippen molar-refractivity contribution < 1.29 is 24.3 Å². The van der Waals surface area contributed by atoms with Crippen LogP contribution in [0, 0.1) is 0 Å². The lowest BCUT2D eigenvalue weighted by Gasteiger charge is -2.17. The largest absolute Gasteiger partial charge is 0.481 e. The molecule has 35 heavy (non-hydrogen) atoms. The highest BCUT2D eigenvalue weighted by molar-refractivity contribution is 8.00. The number of carboxylic acids is 1. The third-order valence-electron chi connectivity index (χ3n) is 4.77. The number of nitrogens with one attached hydrogen (secondary N) is 3. The van der Waals surface area contributed by atoms with Crippen molar-refractivity contribution >= 4 is 52.5 Å². The number of hydrogen-bond acceptors (Lipinski definition) is 5. The Labute approximate surface area is 207 Å². The van der Waals surface area contributed by atoms with E-state index in [-0.39, 0.29) is 30.6 Å². The van der Waals surface area contributed by atoms with E-state index in [9.17, 15) is 19.2 Å². The number of thioether (sulfide) groups is 1. The monoisotopic (exact) mass is 491 g/mol. The van der Waals surface area contributed by atoms with Crippen LogP contribution in [0.25, 0.3) is 0 Å². The van der Waals surface area contributed by atoms with Crippen LogP contribution in [0.2, 0.25) is 0 Å². The third kappa shape index (κ3) is 8.31. The van der Waals surface area contributed by atoms with Crippen LogP contribution < -0.4 is 16.0 Å². The van der Waals surface area contributed by atoms with Gasteiger partial charge in [-0.1, -0.05) is 30.3 Å². The number of amides is 3. The van der Waals surface area contributed by atoms with Crippen molar-refractivity contribution in [3.05, 3.63) is 84.4 Å². The molecule has 1 unspecified atom stereocenters. The minimum absolute atomic E-state index is 0.103. The molecule has 0 aliphatic heterocycles. The number of anilines is 3. The summed E-state index contributed by atoms with van der Waals surface area (Å²) in [5, 5.41) is 16.4. The zero-order valence-corrected chi connectivity index (χ0v) is 19.8. The van der Waals surface area contributed by atoms with E-state index < -0.39 is 11.2 Å². The van der Waals surface area contributed by atoms with Gasteiger partial charge < -0.3 is 21.1 Å². The van der Waals surface area contributed by atoms with Gasteiger partial charge in [0, 0.05) is 35.3 Å². The zero-order chi connectivity index (χ0) is 25.2. The molecule has 0 bridgehead atoms. The molecule has 0 aliphatic carbocycles. The van der Waals surface area contributed by atoms with Crippen molar-refractivity contribution in [2.45, 2.75) is 29.9 Å². The topological polar surface area (TPSA) is 125 Å². The van der Waals surface area contributed by atoms with Gasteiger partial charge >= 0.3 is 5.97 Å². The lowest BCUT2D eigenvalue weighted by atomic mass is 10.1. The second-order valence-electron chi connectivity index (χ2n) is 7.62. The second-order valence-corrected chi connectivity index (χ2v) is 8.80. The maximum absolute atomic E-state index is 13.2. The maximum Gasteiger partial charge on any atom is 0.303 e. The molecular weight excluding hydrogens is 466 g/mol. The molecule has 0 aromatic heterocycles. The first-order valence-electron chi connectivity index (χ1n) is 10.8. The number of aliphatic carboxylic acids is 1. The van der Waals surface area contributed by atoms with Crippen molar-refractivity contribution in [2.24, 2.45) is 0 Å². The van der Waals surface area contributed by atoms with Gasteiger partial charge in [0.15, 0.2) is 0 Å². The Balaban J connectivity index is 1.70. The lowest BCUT2D eigenvalue weighted by molar-refractivity contribution is -0.138. The molecule has 0 spiro atoms. The lowest BCUT2D eigenvalue weighted by Crippen LogP contribution is -2.19. The Morgan fingerprint density at radius 1 is 0.743 bits per heavy atom. The van der Waals surface area contributed by atoms with Gasteiger partial charge in [0.1, 0.15) is 5.25 Å². The van der Waals surface area contributed by atoms with Crippen molar-refractivity contribution in [2.75, 3.05) is 16.0 Å². The van der Waals surface area contributed by atoms with Gasteiger partial charge in [0.05, 0.1) is 6.42 Å². The zero-order valence-electron chi connectivity index (χ0n) is 19.0. The van der Waals surface area contributed by atoms with Crippen molar-refractivity contribution in [1.29, 1.82) is 0 Å². The highest BCUT2D eigenvalue weighted by Gasteiger charge is 2.22. The molecule has 0 saturated carbocycles. The summed E-state index contributed by atoms with van der Waals surface area (Å²) in [4.78, 5) is 47.7. The molecule has 180 valence electrons. The molecule has 0 saturated heterocycles. The molecule has 8 nitrogen and oxygen atoms in total. The van der Waals surface area contributed by atoms with Gasteiger partial charge in [-0.25, -0.2) is 0 Å². The van der Waals surface area contributed by atoms with E-state index in [2.05, 4.69) is 16.0 Å². The number of carbonyl (C=O) groups excluding carboxylic acids is 3. The van der Waals surface area contributed by atoms with Crippen LogP contribution in [-0.2, 0) is 19.2 Å². The highest BCUT2D eigenvalue weighted by Crippen LogP contribution is 2.36. The third-order valence-corrected chi connectivity index (χ3v) is 6.04. The first-order valence-corrected chi connectivity index (χ1v) is 11.7. The molecule has 3 amide bonds. The molecule has 3 rings (SSSR count). The summed E-state index contributed by atoms with van der Waals surface area (Å²) in [6, 6.07) is 23.3. The van der Waals surface area contributed by atoms with Gasteiger partial charge in [0.25, 0.3) is 0 Å². The Hall–Kier alpha value is -4.11. The number of hydrogen-bond donors (Lipinski definition) is 4. The average Bonchev–Trinajstić information content (AvgIpc) is 2.83. The molecule has 0 aliphatic rings. The number of carbonyl (C=O) groups is 4. The number of rotatable bonds is 10. The smallest absolute Gasteiger partial charge is 0.303 e. The fraction of sp³-hybridized carbons (Fsp3) is 0.154. The van der Waals surface area contributed by atoms with E-state index in [1.165, 1.54) is 18.7 Å². The van der Waals surface area contributed by atoms with Crippen LogP contribution in [0.4, 0.5) is 17.1 Å². The first-order chi connectivity index (χ1) is 16.8. The van der Waals surface area contributed by atoms with Crippen LogP contribution in [0.15, 0.2) is 83.8 Å². The van der Waals surface area contributed by atoms with Crippen LogP contribution in [0.1, 0.15) is 30.6 Å². The predicted molar refractivity (Wildman–Crippen MR) is 136 cm³/mol. The molecular formula is C26H25N3O5S. The van der Waals surface area contributed by atoms with E-state index in [1.54, 1.807) is 48.5 Å². The Kier molecular flexibility index (Phi) is 9.02. The van der Waals surface area contributed by atoms with E-state index >= 15 is 0 Å². The Morgan fingerprint density at radius 2 is 1.29 bits per heavy atom. The van der Waals surface area contributed by atoms with E-state index in [4.69, 9.17) is 5.11 Å². The summed E-state index contributed by atoms with van der Waals surface area (Å²) >= 11 is 1.36. The van der Waals surface area contributed by atoms with Gasteiger partial charge in [-0.05, 0) is 54.1 Å². The molecule has 0 radical (unpaired) electrons. The average molecular weight is 492 g/mol. The Morgan fingerprint density at radius 3 is 1.86 bits per heavy atom. The summed E-state index contributed by atoms with van der Waals surface area (Å²) in [6.45, 7) is 1.43. The molecule has 1 atom stereocenters. The predicted octanol–water partition coefficient (Wildman–Crippen LogP) is 4.92. The summed E-state index contributed by atoms with van der Waals surface area (Å²) in [5.41, 5.74) is 2.62. The van der Waals surface area contributed by atoms with Crippen molar-refractivity contribution in [3.8, 4) is 0 Å². The van der Waals surface area contributed by atoms with Gasteiger partial charge in [0.2, 0.25) is 17.7 Å². The number of carboxylic acid groups (broad SMARTS) is 1. The minimum atomic E-state index is -1.03.